The monoisotopic (exact) mass is 390 g/mol. The molecule has 0 saturated heterocycles. The maximum atomic E-state index is 5.56. The number of pyridine rings is 1. The highest BCUT2D eigenvalue weighted by Crippen LogP contribution is 2.38. The van der Waals surface area contributed by atoms with E-state index in [9.17, 15) is 0 Å². The second-order valence-corrected chi connectivity index (χ2v) is 7.44. The molecule has 0 aromatic carbocycles. The molecule has 0 saturated carbocycles. The first-order chi connectivity index (χ1) is 13.9. The van der Waals surface area contributed by atoms with Crippen molar-refractivity contribution in [2.45, 2.75) is 26.2 Å². The van der Waals surface area contributed by atoms with Crippen LogP contribution in [0.15, 0.2) is 47.6 Å². The van der Waals surface area contributed by atoms with Gasteiger partial charge in [0.05, 0.1) is 22.9 Å². The topological polar surface area (TPSA) is 121 Å². The van der Waals surface area contributed by atoms with Gasteiger partial charge >= 0.3 is 0 Å². The van der Waals surface area contributed by atoms with E-state index in [1.165, 1.54) is 0 Å². The molecule has 29 heavy (non-hydrogen) atoms. The van der Waals surface area contributed by atoms with E-state index >= 15 is 0 Å². The minimum Gasteiger partial charge on any atom is -0.368 e. The highest BCUT2D eigenvalue weighted by atomic mass is 16.5. The van der Waals surface area contributed by atoms with Gasteiger partial charge in [0, 0.05) is 37.4 Å². The van der Waals surface area contributed by atoms with Crippen molar-refractivity contribution >= 4 is 5.95 Å². The number of hydrogen-bond donors (Lipinski definition) is 1. The molecule has 148 valence electrons. The summed E-state index contributed by atoms with van der Waals surface area (Å²) in [7, 11) is 1.85. The van der Waals surface area contributed by atoms with Gasteiger partial charge in [-0.1, -0.05) is 25.1 Å². The molecule has 9 nitrogen and oxygen atoms in total. The summed E-state index contributed by atoms with van der Waals surface area (Å²) in [6.07, 6.45) is 8.70. The number of aryl methyl sites for hydroxylation is 1. The first kappa shape index (κ1) is 18.7. The summed E-state index contributed by atoms with van der Waals surface area (Å²) in [6, 6.07) is 3.96. The van der Waals surface area contributed by atoms with Gasteiger partial charge in [-0.15, -0.1) is 0 Å². The van der Waals surface area contributed by atoms with E-state index in [1.54, 1.807) is 23.3 Å². The van der Waals surface area contributed by atoms with Crippen LogP contribution in [-0.2, 0) is 12.5 Å². The van der Waals surface area contributed by atoms with Crippen molar-refractivity contribution in [3.05, 3.63) is 54.5 Å². The summed E-state index contributed by atoms with van der Waals surface area (Å²) in [6.45, 7) is 6.35. The van der Waals surface area contributed by atoms with Gasteiger partial charge in [0.2, 0.25) is 5.95 Å². The number of aromatic nitrogens is 7. The van der Waals surface area contributed by atoms with Crippen molar-refractivity contribution in [3.8, 4) is 22.7 Å². The van der Waals surface area contributed by atoms with Crippen molar-refractivity contribution in [2.24, 2.45) is 13.0 Å². The van der Waals surface area contributed by atoms with Crippen molar-refractivity contribution in [1.29, 1.82) is 0 Å². The van der Waals surface area contributed by atoms with Crippen LogP contribution in [0.3, 0.4) is 0 Å². The zero-order valence-electron chi connectivity index (χ0n) is 16.7. The van der Waals surface area contributed by atoms with E-state index in [0.29, 0.717) is 11.7 Å². The lowest BCUT2D eigenvalue weighted by molar-refractivity contribution is 0.350. The molecule has 0 spiro atoms. The summed E-state index contributed by atoms with van der Waals surface area (Å²) >= 11 is 0. The smallest absolute Gasteiger partial charge is 0.261 e. The van der Waals surface area contributed by atoms with E-state index in [-0.39, 0.29) is 11.9 Å². The van der Waals surface area contributed by atoms with E-state index in [2.05, 4.69) is 51.0 Å². The standard InChI is InChI=1S/C20H22N8O/c1-12(2)20(3,18-26-17(29-27-18)14-9-25-28(4)11-14)15-5-6-16(22-10-15)13-7-23-19(21)24-8-13/h5-12H,1-4H3,(H2,21,23,24)/t20-/m0/s1. The Morgan fingerprint density at radius 3 is 2.38 bits per heavy atom. The Kier molecular flexibility index (Phi) is 4.57. The summed E-state index contributed by atoms with van der Waals surface area (Å²) in [5.74, 6) is 1.49. The second-order valence-electron chi connectivity index (χ2n) is 7.44. The summed E-state index contributed by atoms with van der Waals surface area (Å²) in [5.41, 5.74) is 8.43. The number of rotatable bonds is 5. The van der Waals surface area contributed by atoms with Crippen LogP contribution in [0.25, 0.3) is 22.7 Å². The fraction of sp³-hybridized carbons (Fsp3) is 0.300. The lowest BCUT2D eigenvalue weighted by Crippen LogP contribution is -2.31. The largest absolute Gasteiger partial charge is 0.368 e. The van der Waals surface area contributed by atoms with Gasteiger partial charge in [0.25, 0.3) is 5.89 Å². The third-order valence-corrected chi connectivity index (χ3v) is 5.33. The van der Waals surface area contributed by atoms with Crippen LogP contribution in [0.4, 0.5) is 5.95 Å². The fourth-order valence-corrected chi connectivity index (χ4v) is 3.15. The van der Waals surface area contributed by atoms with Crippen molar-refractivity contribution in [2.75, 3.05) is 5.73 Å². The molecule has 0 unspecified atom stereocenters. The number of anilines is 1. The minimum absolute atomic E-state index is 0.203. The summed E-state index contributed by atoms with van der Waals surface area (Å²) in [5, 5.41) is 8.44. The number of nitrogens with zero attached hydrogens (tertiary/aromatic N) is 7. The zero-order chi connectivity index (χ0) is 20.6. The third kappa shape index (κ3) is 3.35. The zero-order valence-corrected chi connectivity index (χ0v) is 16.7. The number of hydrogen-bond acceptors (Lipinski definition) is 8. The van der Waals surface area contributed by atoms with Crippen molar-refractivity contribution in [3.63, 3.8) is 0 Å². The van der Waals surface area contributed by atoms with Crippen LogP contribution < -0.4 is 5.73 Å². The average Bonchev–Trinajstić information content (AvgIpc) is 3.37. The molecule has 4 aromatic rings. The maximum absolute atomic E-state index is 5.56. The first-order valence-corrected chi connectivity index (χ1v) is 9.25. The Balaban J connectivity index is 1.70. The molecule has 0 aliphatic carbocycles. The predicted molar refractivity (Wildman–Crippen MR) is 107 cm³/mol. The molecule has 4 rings (SSSR count). The Morgan fingerprint density at radius 2 is 1.79 bits per heavy atom. The summed E-state index contributed by atoms with van der Waals surface area (Å²) < 4.78 is 7.22. The predicted octanol–water partition coefficient (Wildman–Crippen LogP) is 2.87. The second kappa shape index (κ2) is 7.08. The number of nitrogen functional groups attached to an aromatic ring is 1. The summed E-state index contributed by atoms with van der Waals surface area (Å²) in [4.78, 5) is 17.3. The van der Waals surface area contributed by atoms with Gasteiger partial charge in [-0.2, -0.15) is 10.1 Å². The first-order valence-electron chi connectivity index (χ1n) is 9.25. The average molecular weight is 390 g/mol. The molecule has 0 fully saturated rings. The Bertz CT molecular complexity index is 1110. The molecule has 0 aliphatic rings. The van der Waals surface area contributed by atoms with Crippen molar-refractivity contribution in [1.82, 2.24) is 34.9 Å². The molecule has 0 bridgehead atoms. The van der Waals surface area contributed by atoms with Gasteiger partial charge < -0.3 is 10.3 Å². The van der Waals surface area contributed by atoms with Crippen LogP contribution in [0.5, 0.6) is 0 Å². The molecule has 9 heteroatoms. The fourth-order valence-electron chi connectivity index (χ4n) is 3.15. The SMILES string of the molecule is CC(C)[C@@](C)(c1ccc(-c2cnc(N)nc2)nc1)c1noc(-c2cnn(C)c2)n1. The Labute approximate surface area is 168 Å². The van der Waals surface area contributed by atoms with Crippen LogP contribution in [-0.4, -0.2) is 34.9 Å². The lowest BCUT2D eigenvalue weighted by atomic mass is 9.73. The van der Waals surface area contributed by atoms with E-state index in [0.717, 1.165) is 22.4 Å². The van der Waals surface area contributed by atoms with Gasteiger partial charge in [-0.25, -0.2) is 9.97 Å². The van der Waals surface area contributed by atoms with Gasteiger partial charge in [-0.3, -0.25) is 9.67 Å². The Hall–Kier alpha value is -3.62. The molecular formula is C20H22N8O. The van der Waals surface area contributed by atoms with Crippen LogP contribution in [0.1, 0.15) is 32.2 Å². The van der Waals surface area contributed by atoms with Gasteiger partial charge in [0.15, 0.2) is 5.82 Å². The molecule has 2 N–H and O–H groups in total. The highest BCUT2D eigenvalue weighted by Gasteiger charge is 2.38. The number of nitrogens with two attached hydrogens (primary N) is 1. The Morgan fingerprint density at radius 1 is 1.03 bits per heavy atom. The maximum Gasteiger partial charge on any atom is 0.261 e. The molecule has 1 atom stereocenters. The third-order valence-electron chi connectivity index (χ3n) is 5.33. The van der Waals surface area contributed by atoms with E-state index in [1.807, 2.05) is 31.6 Å². The molecule has 0 radical (unpaired) electrons. The molecule has 0 amide bonds. The van der Waals surface area contributed by atoms with E-state index < -0.39 is 5.41 Å². The van der Waals surface area contributed by atoms with Crippen LogP contribution in [0, 0.1) is 5.92 Å². The van der Waals surface area contributed by atoms with Crippen molar-refractivity contribution < 1.29 is 4.52 Å². The molecule has 4 heterocycles. The quantitative estimate of drug-likeness (QED) is 0.552. The normalized spacial score (nSPS) is 13.6. The highest BCUT2D eigenvalue weighted by molar-refractivity contribution is 5.58. The van der Waals surface area contributed by atoms with E-state index in [4.69, 9.17) is 10.3 Å². The lowest BCUT2D eigenvalue weighted by Gasteiger charge is -2.30. The molecule has 0 aliphatic heterocycles. The molecular weight excluding hydrogens is 368 g/mol. The van der Waals surface area contributed by atoms with Crippen LogP contribution >= 0.6 is 0 Å². The molecule has 4 aromatic heterocycles. The van der Waals surface area contributed by atoms with Gasteiger partial charge in [0.1, 0.15) is 0 Å². The minimum atomic E-state index is -0.479. The van der Waals surface area contributed by atoms with Crippen LogP contribution in [0.2, 0.25) is 0 Å². The van der Waals surface area contributed by atoms with Gasteiger partial charge in [-0.05, 0) is 24.5 Å².